The molecular formula is C22H24ClN5O2. The van der Waals surface area contributed by atoms with Crippen LogP contribution in [0.4, 0.5) is 10.7 Å². The van der Waals surface area contributed by atoms with E-state index < -0.39 is 6.04 Å². The molecule has 0 unspecified atom stereocenters. The number of hydrogen-bond donors (Lipinski definition) is 2. The fourth-order valence-corrected chi connectivity index (χ4v) is 3.75. The number of amides is 3. The quantitative estimate of drug-likeness (QED) is 0.656. The Bertz CT molecular complexity index is 1080. The molecule has 30 heavy (non-hydrogen) atoms. The minimum Gasteiger partial charge on any atom is -0.350 e. The first-order valence-corrected chi connectivity index (χ1v) is 10.4. The van der Waals surface area contributed by atoms with Crippen LogP contribution in [0.25, 0.3) is 11.0 Å². The van der Waals surface area contributed by atoms with Gasteiger partial charge in [0.15, 0.2) is 0 Å². The molecule has 1 aliphatic rings. The number of nitrogens with one attached hydrogen (secondary N) is 2. The van der Waals surface area contributed by atoms with Gasteiger partial charge in [-0.05, 0) is 35.7 Å². The van der Waals surface area contributed by atoms with Gasteiger partial charge < -0.3 is 15.2 Å². The molecule has 0 radical (unpaired) electrons. The summed E-state index contributed by atoms with van der Waals surface area (Å²) in [6.07, 6.45) is 0. The maximum atomic E-state index is 13.0. The van der Waals surface area contributed by atoms with Crippen LogP contribution in [-0.2, 0) is 17.9 Å². The third-order valence-electron chi connectivity index (χ3n) is 5.28. The number of nitrogens with zero attached hydrogens (tertiary/aromatic N) is 3. The molecule has 0 saturated carbocycles. The summed E-state index contributed by atoms with van der Waals surface area (Å²) in [6.45, 7) is 5.39. The third-order valence-corrected chi connectivity index (χ3v) is 5.53. The largest absolute Gasteiger partial charge is 0.350 e. The molecule has 3 aromatic rings. The highest BCUT2D eigenvalue weighted by atomic mass is 35.5. The second-order valence-corrected chi connectivity index (χ2v) is 8.16. The van der Waals surface area contributed by atoms with Crippen LogP contribution in [0.5, 0.6) is 0 Å². The maximum absolute atomic E-state index is 13.0. The van der Waals surface area contributed by atoms with Crippen LogP contribution < -0.4 is 15.5 Å². The van der Waals surface area contributed by atoms with Gasteiger partial charge in [0.2, 0.25) is 11.9 Å². The van der Waals surface area contributed by atoms with Crippen molar-refractivity contribution in [3.8, 4) is 0 Å². The second-order valence-electron chi connectivity index (χ2n) is 7.72. The Morgan fingerprint density at radius 3 is 2.57 bits per heavy atom. The summed E-state index contributed by atoms with van der Waals surface area (Å²) >= 11 is 5.90. The molecule has 0 spiro atoms. The molecule has 2 aromatic carbocycles. The van der Waals surface area contributed by atoms with Crippen LogP contribution >= 0.6 is 11.6 Å². The van der Waals surface area contributed by atoms with Gasteiger partial charge in [-0.3, -0.25) is 9.69 Å². The van der Waals surface area contributed by atoms with E-state index in [-0.39, 0.29) is 17.9 Å². The lowest BCUT2D eigenvalue weighted by molar-refractivity contribution is -0.124. The highest BCUT2D eigenvalue weighted by molar-refractivity contribution is 6.30. The summed E-state index contributed by atoms with van der Waals surface area (Å²) in [4.78, 5) is 31.9. The SMILES string of the molecule is CC(C)[C@H](NC(=O)N1CCn2c1nc1ccccc12)C(=O)NCc1ccc(Cl)cc1. The lowest BCUT2D eigenvalue weighted by Crippen LogP contribution is -2.53. The summed E-state index contributed by atoms with van der Waals surface area (Å²) in [5.74, 6) is 0.319. The van der Waals surface area contributed by atoms with E-state index in [0.29, 0.717) is 30.6 Å². The van der Waals surface area contributed by atoms with Gasteiger partial charge in [-0.15, -0.1) is 0 Å². The first-order chi connectivity index (χ1) is 14.4. The number of hydrogen-bond acceptors (Lipinski definition) is 3. The van der Waals surface area contributed by atoms with Crippen molar-refractivity contribution < 1.29 is 9.59 Å². The molecule has 0 fully saturated rings. The van der Waals surface area contributed by atoms with Crippen LogP contribution in [0, 0.1) is 5.92 Å². The van der Waals surface area contributed by atoms with Crippen LogP contribution in [0.1, 0.15) is 19.4 Å². The molecule has 1 aliphatic heterocycles. The molecule has 3 amide bonds. The number of benzene rings is 2. The van der Waals surface area contributed by atoms with Gasteiger partial charge in [0.25, 0.3) is 0 Å². The molecule has 0 bridgehead atoms. The van der Waals surface area contributed by atoms with Crippen molar-refractivity contribution in [3.05, 3.63) is 59.1 Å². The summed E-state index contributed by atoms with van der Waals surface area (Å²) < 4.78 is 2.03. The molecule has 7 nitrogen and oxygen atoms in total. The summed E-state index contributed by atoms with van der Waals surface area (Å²) in [5, 5.41) is 6.44. The first kappa shape index (κ1) is 20.2. The van der Waals surface area contributed by atoms with Gasteiger partial charge in [0.05, 0.1) is 11.0 Å². The minimum absolute atomic E-state index is 0.0689. The fraction of sp³-hybridized carbons (Fsp3) is 0.318. The normalized spacial score (nSPS) is 14.1. The Morgan fingerprint density at radius 2 is 1.83 bits per heavy atom. The number of imidazole rings is 1. The van der Waals surface area contributed by atoms with E-state index in [9.17, 15) is 9.59 Å². The first-order valence-electron chi connectivity index (χ1n) is 9.99. The molecule has 0 saturated heterocycles. The standard InChI is InChI=1S/C22H24ClN5O2/c1-14(2)19(20(29)24-13-15-7-9-16(23)10-8-15)26-22(30)28-12-11-27-18-6-4-3-5-17(18)25-21(27)28/h3-10,14,19H,11-13H2,1-2H3,(H,24,29)(H,26,30)/t19-/m0/s1. The summed E-state index contributed by atoms with van der Waals surface area (Å²) in [7, 11) is 0. The Kier molecular flexibility index (Phi) is 5.63. The van der Waals surface area contributed by atoms with E-state index in [1.807, 2.05) is 54.8 Å². The number of halogens is 1. The number of urea groups is 1. The van der Waals surface area contributed by atoms with E-state index in [4.69, 9.17) is 11.6 Å². The van der Waals surface area contributed by atoms with Crippen molar-refractivity contribution >= 4 is 40.5 Å². The van der Waals surface area contributed by atoms with E-state index >= 15 is 0 Å². The molecular weight excluding hydrogens is 402 g/mol. The van der Waals surface area contributed by atoms with E-state index in [1.165, 1.54) is 0 Å². The van der Waals surface area contributed by atoms with Crippen LogP contribution in [0.3, 0.4) is 0 Å². The van der Waals surface area contributed by atoms with Gasteiger partial charge >= 0.3 is 6.03 Å². The lowest BCUT2D eigenvalue weighted by atomic mass is 10.0. The Labute approximate surface area is 180 Å². The molecule has 156 valence electrons. The lowest BCUT2D eigenvalue weighted by Gasteiger charge is -2.24. The Morgan fingerprint density at radius 1 is 1.10 bits per heavy atom. The number of fused-ring (bicyclic) bond motifs is 3. The number of para-hydroxylation sites is 2. The Hall–Kier alpha value is -3.06. The molecule has 8 heteroatoms. The van der Waals surface area contributed by atoms with Crippen LogP contribution in [0.2, 0.25) is 5.02 Å². The molecule has 4 rings (SSSR count). The predicted molar refractivity (Wildman–Crippen MR) is 118 cm³/mol. The Balaban J connectivity index is 1.44. The molecule has 1 atom stereocenters. The number of carbonyl (C=O) groups is 2. The van der Waals surface area contributed by atoms with Crippen LogP contribution in [0.15, 0.2) is 48.5 Å². The molecule has 2 heterocycles. The topological polar surface area (TPSA) is 79.3 Å². The zero-order valence-corrected chi connectivity index (χ0v) is 17.7. The van der Waals surface area contributed by atoms with Gasteiger partial charge in [-0.25, -0.2) is 9.78 Å². The van der Waals surface area contributed by atoms with E-state index in [2.05, 4.69) is 15.6 Å². The van der Waals surface area contributed by atoms with Crippen molar-refractivity contribution in [3.63, 3.8) is 0 Å². The zero-order chi connectivity index (χ0) is 21.3. The average Bonchev–Trinajstić information content (AvgIpc) is 3.30. The maximum Gasteiger partial charge on any atom is 0.324 e. The molecule has 0 aliphatic carbocycles. The van der Waals surface area contributed by atoms with Crippen molar-refractivity contribution in [1.29, 1.82) is 0 Å². The third kappa shape index (κ3) is 3.98. The van der Waals surface area contributed by atoms with Gasteiger partial charge in [0.1, 0.15) is 6.04 Å². The van der Waals surface area contributed by atoms with E-state index in [0.717, 1.165) is 16.6 Å². The van der Waals surface area contributed by atoms with Gasteiger partial charge in [0, 0.05) is 24.7 Å². The average molecular weight is 426 g/mol. The number of rotatable bonds is 5. The summed E-state index contributed by atoms with van der Waals surface area (Å²) in [5.41, 5.74) is 2.80. The summed E-state index contributed by atoms with van der Waals surface area (Å²) in [6, 6.07) is 14.1. The molecule has 1 aromatic heterocycles. The minimum atomic E-state index is -0.650. The van der Waals surface area contributed by atoms with Crippen molar-refractivity contribution in [1.82, 2.24) is 20.2 Å². The number of aromatic nitrogens is 2. The second kappa shape index (κ2) is 8.36. The smallest absolute Gasteiger partial charge is 0.324 e. The fourth-order valence-electron chi connectivity index (χ4n) is 3.63. The van der Waals surface area contributed by atoms with Crippen LogP contribution in [-0.4, -0.2) is 34.1 Å². The predicted octanol–water partition coefficient (Wildman–Crippen LogP) is 3.56. The number of anilines is 1. The van der Waals surface area contributed by atoms with Crippen molar-refractivity contribution in [2.24, 2.45) is 5.92 Å². The highest BCUT2D eigenvalue weighted by Crippen LogP contribution is 2.27. The van der Waals surface area contributed by atoms with Crippen molar-refractivity contribution in [2.75, 3.05) is 11.4 Å². The molecule has 2 N–H and O–H groups in total. The van der Waals surface area contributed by atoms with E-state index in [1.54, 1.807) is 17.0 Å². The van der Waals surface area contributed by atoms with Gasteiger partial charge in [-0.1, -0.05) is 49.7 Å². The van der Waals surface area contributed by atoms with Crippen molar-refractivity contribution in [2.45, 2.75) is 33.0 Å². The monoisotopic (exact) mass is 425 g/mol. The zero-order valence-electron chi connectivity index (χ0n) is 16.9. The van der Waals surface area contributed by atoms with Gasteiger partial charge in [-0.2, -0.15) is 0 Å². The number of carbonyl (C=O) groups excluding carboxylic acids is 2. The highest BCUT2D eigenvalue weighted by Gasteiger charge is 2.32.